The Morgan fingerprint density at radius 2 is 1.80 bits per heavy atom. The van der Waals surface area contributed by atoms with Gasteiger partial charge in [-0.2, -0.15) is 4.31 Å². The van der Waals surface area contributed by atoms with Crippen molar-refractivity contribution in [2.45, 2.75) is 24.2 Å². The van der Waals surface area contributed by atoms with Crippen molar-refractivity contribution >= 4 is 43.5 Å². The molecule has 2 aliphatic rings. The van der Waals surface area contributed by atoms with Gasteiger partial charge in [-0.3, -0.25) is 9.59 Å². The molecule has 0 radical (unpaired) electrons. The Kier molecular flexibility index (Phi) is 5.69. The van der Waals surface area contributed by atoms with Crippen LogP contribution in [0.2, 0.25) is 0 Å². The fraction of sp³-hybridized carbons (Fsp3) is 0.333. The Morgan fingerprint density at radius 3 is 2.50 bits per heavy atom. The zero-order chi connectivity index (χ0) is 21.5. The second-order valence-corrected chi connectivity index (χ2v) is 10.3. The fourth-order valence-electron chi connectivity index (χ4n) is 3.93. The van der Waals surface area contributed by atoms with Crippen molar-refractivity contribution < 1.29 is 18.0 Å². The smallest absolute Gasteiger partial charge is 0.243 e. The zero-order valence-electron chi connectivity index (χ0n) is 16.5. The average molecular weight is 492 g/mol. The number of benzene rings is 2. The summed E-state index contributed by atoms with van der Waals surface area (Å²) in [5, 5.41) is 2.80. The maximum atomic E-state index is 13.1. The molecule has 0 spiro atoms. The number of hydrogen-bond donors (Lipinski definition) is 1. The van der Waals surface area contributed by atoms with Crippen LogP contribution in [0, 0.1) is 6.92 Å². The minimum Gasteiger partial charge on any atom is -0.340 e. The molecule has 1 saturated heterocycles. The number of nitrogens with one attached hydrogen (secondary N) is 1. The summed E-state index contributed by atoms with van der Waals surface area (Å²) in [5.41, 5.74) is 2.32. The number of para-hydroxylation sites is 1. The van der Waals surface area contributed by atoms with Gasteiger partial charge in [0, 0.05) is 42.8 Å². The van der Waals surface area contributed by atoms with E-state index in [1.165, 1.54) is 4.31 Å². The maximum absolute atomic E-state index is 13.1. The van der Waals surface area contributed by atoms with E-state index in [2.05, 4.69) is 21.2 Å². The number of amides is 2. The van der Waals surface area contributed by atoms with Crippen LogP contribution >= 0.6 is 15.9 Å². The lowest BCUT2D eigenvalue weighted by Crippen LogP contribution is -2.52. The summed E-state index contributed by atoms with van der Waals surface area (Å²) in [7, 11) is -3.62. The van der Waals surface area contributed by atoms with Crippen LogP contribution in [0.15, 0.2) is 51.8 Å². The van der Waals surface area contributed by atoms with Crippen molar-refractivity contribution in [1.29, 1.82) is 0 Å². The van der Waals surface area contributed by atoms with E-state index in [0.717, 1.165) is 15.6 Å². The Bertz CT molecular complexity index is 1110. The maximum Gasteiger partial charge on any atom is 0.243 e. The predicted molar refractivity (Wildman–Crippen MR) is 117 cm³/mol. The van der Waals surface area contributed by atoms with E-state index in [1.54, 1.807) is 29.2 Å². The third kappa shape index (κ3) is 3.89. The molecule has 0 aliphatic carbocycles. The second-order valence-electron chi connectivity index (χ2n) is 7.53. The van der Waals surface area contributed by atoms with E-state index >= 15 is 0 Å². The molecule has 1 N–H and O–H groups in total. The number of aryl methyl sites for hydroxylation is 1. The van der Waals surface area contributed by atoms with Crippen LogP contribution < -0.4 is 5.32 Å². The summed E-state index contributed by atoms with van der Waals surface area (Å²) in [6, 6.07) is 12.3. The number of nitrogens with zero attached hydrogens (tertiary/aromatic N) is 2. The number of hydrogen-bond acceptors (Lipinski definition) is 4. The highest BCUT2D eigenvalue weighted by atomic mass is 79.9. The quantitative estimate of drug-likeness (QED) is 0.714. The minimum atomic E-state index is -3.62. The van der Waals surface area contributed by atoms with Crippen molar-refractivity contribution in [1.82, 2.24) is 9.21 Å². The highest BCUT2D eigenvalue weighted by Gasteiger charge is 2.36. The first kappa shape index (κ1) is 21.0. The molecule has 2 aromatic rings. The van der Waals surface area contributed by atoms with Gasteiger partial charge in [0.25, 0.3) is 0 Å². The lowest BCUT2D eigenvalue weighted by atomic mass is 9.89. The van der Waals surface area contributed by atoms with Gasteiger partial charge in [0.2, 0.25) is 21.8 Å². The third-order valence-corrected chi connectivity index (χ3v) is 8.40. The fourth-order valence-corrected chi connectivity index (χ4v) is 5.68. The number of anilines is 1. The summed E-state index contributed by atoms with van der Waals surface area (Å²) in [6.07, 6.45) is 0.104. The molecule has 1 fully saturated rings. The largest absolute Gasteiger partial charge is 0.340 e. The molecule has 9 heteroatoms. The van der Waals surface area contributed by atoms with Gasteiger partial charge >= 0.3 is 0 Å². The molecule has 0 saturated carbocycles. The van der Waals surface area contributed by atoms with Gasteiger partial charge in [-0.25, -0.2) is 8.42 Å². The first-order valence-electron chi connectivity index (χ1n) is 9.71. The first-order chi connectivity index (χ1) is 14.3. The van der Waals surface area contributed by atoms with Crippen LogP contribution in [0.5, 0.6) is 0 Å². The van der Waals surface area contributed by atoms with Gasteiger partial charge in [-0.1, -0.05) is 34.1 Å². The van der Waals surface area contributed by atoms with Crippen LogP contribution in [0.3, 0.4) is 0 Å². The number of rotatable bonds is 3. The molecule has 158 valence electrons. The molecule has 2 amide bonds. The molecule has 2 heterocycles. The molecule has 4 rings (SSSR count). The molecule has 7 nitrogen and oxygen atoms in total. The number of halogens is 1. The highest BCUT2D eigenvalue weighted by Crippen LogP contribution is 2.33. The van der Waals surface area contributed by atoms with Gasteiger partial charge in [-0.15, -0.1) is 0 Å². The Morgan fingerprint density at radius 1 is 1.10 bits per heavy atom. The molecule has 0 bridgehead atoms. The second kappa shape index (κ2) is 8.13. The Hall–Kier alpha value is -2.23. The summed E-state index contributed by atoms with van der Waals surface area (Å²) in [4.78, 5) is 27.1. The zero-order valence-corrected chi connectivity index (χ0v) is 18.9. The minimum absolute atomic E-state index is 0.104. The van der Waals surface area contributed by atoms with Gasteiger partial charge in [0.1, 0.15) is 0 Å². The van der Waals surface area contributed by atoms with Crippen LogP contribution in [-0.2, 0) is 19.6 Å². The van der Waals surface area contributed by atoms with Crippen molar-refractivity contribution in [3.05, 3.63) is 58.1 Å². The molecular weight excluding hydrogens is 470 g/mol. The monoisotopic (exact) mass is 491 g/mol. The summed E-state index contributed by atoms with van der Waals surface area (Å²) >= 11 is 3.39. The van der Waals surface area contributed by atoms with Crippen LogP contribution in [-0.4, -0.2) is 55.6 Å². The SMILES string of the molecule is Cc1cc(S(=O)(=O)N2CCN(C(=O)[C@@H]3CC(=O)Nc4ccccc43)CC2)ccc1Br. The lowest BCUT2D eigenvalue weighted by molar-refractivity contribution is -0.136. The number of piperazine rings is 1. The molecule has 1 atom stereocenters. The number of carbonyl (C=O) groups excluding carboxylic acids is 2. The van der Waals surface area contributed by atoms with Crippen molar-refractivity contribution in [3.8, 4) is 0 Å². The summed E-state index contributed by atoms with van der Waals surface area (Å²) in [6.45, 7) is 2.90. The number of sulfonamides is 1. The van der Waals surface area contributed by atoms with Crippen LogP contribution in [0.1, 0.15) is 23.5 Å². The predicted octanol–water partition coefficient (Wildman–Crippen LogP) is 2.72. The van der Waals surface area contributed by atoms with Crippen LogP contribution in [0.25, 0.3) is 0 Å². The Balaban J connectivity index is 1.48. The molecule has 2 aromatic carbocycles. The summed E-state index contributed by atoms with van der Waals surface area (Å²) < 4.78 is 28.3. The number of fused-ring (bicyclic) bond motifs is 1. The van der Waals surface area contributed by atoms with Crippen molar-refractivity contribution in [3.63, 3.8) is 0 Å². The van der Waals surface area contributed by atoms with E-state index in [9.17, 15) is 18.0 Å². The third-order valence-electron chi connectivity index (χ3n) is 5.62. The van der Waals surface area contributed by atoms with E-state index in [0.29, 0.717) is 18.8 Å². The first-order valence-corrected chi connectivity index (χ1v) is 11.9. The molecule has 0 unspecified atom stereocenters. The molecule has 0 aromatic heterocycles. The average Bonchev–Trinajstić information content (AvgIpc) is 2.74. The Labute approximate surface area is 184 Å². The topological polar surface area (TPSA) is 86.8 Å². The normalized spacial score (nSPS) is 19.9. The van der Waals surface area contributed by atoms with Gasteiger partial charge in [-0.05, 0) is 42.3 Å². The molecule has 2 aliphatic heterocycles. The van der Waals surface area contributed by atoms with Gasteiger partial charge < -0.3 is 10.2 Å². The lowest BCUT2D eigenvalue weighted by Gasteiger charge is -2.36. The molecule has 30 heavy (non-hydrogen) atoms. The van der Waals surface area contributed by atoms with Crippen LogP contribution in [0.4, 0.5) is 5.69 Å². The van der Waals surface area contributed by atoms with E-state index in [4.69, 9.17) is 0 Å². The highest BCUT2D eigenvalue weighted by molar-refractivity contribution is 9.10. The molecular formula is C21H22BrN3O4S. The van der Waals surface area contributed by atoms with Gasteiger partial charge in [0.05, 0.1) is 10.8 Å². The number of carbonyl (C=O) groups is 2. The van der Waals surface area contributed by atoms with E-state index < -0.39 is 15.9 Å². The van der Waals surface area contributed by atoms with Crippen molar-refractivity contribution in [2.24, 2.45) is 0 Å². The van der Waals surface area contributed by atoms with E-state index in [1.807, 2.05) is 25.1 Å². The summed E-state index contributed by atoms with van der Waals surface area (Å²) in [5.74, 6) is -0.847. The van der Waals surface area contributed by atoms with Gasteiger partial charge in [0.15, 0.2) is 0 Å². The van der Waals surface area contributed by atoms with Crippen molar-refractivity contribution in [2.75, 3.05) is 31.5 Å². The van der Waals surface area contributed by atoms with E-state index in [-0.39, 0.29) is 36.2 Å². The standard InChI is InChI=1S/C21H22BrN3O4S/c1-14-12-15(6-7-18(14)22)30(28,29)25-10-8-24(9-11-25)21(27)17-13-20(26)23-19-5-3-2-4-16(17)19/h2-7,12,17H,8-11,13H2,1H3,(H,23,26)/t17-/m1/s1.